The van der Waals surface area contributed by atoms with Gasteiger partial charge in [0.15, 0.2) is 0 Å². The quantitative estimate of drug-likeness (QED) is 0.807. The Bertz CT molecular complexity index is 362. The zero-order chi connectivity index (χ0) is 13.5. The molecule has 1 atom stereocenters. The highest BCUT2D eigenvalue weighted by molar-refractivity contribution is 5.69. The molecule has 0 saturated carbocycles. The Labute approximate surface area is 109 Å². The third-order valence-corrected chi connectivity index (χ3v) is 3.02. The zero-order valence-electron chi connectivity index (χ0n) is 11.5. The molecule has 0 saturated heterocycles. The fourth-order valence-corrected chi connectivity index (χ4v) is 2.45. The molecule has 0 heterocycles. The van der Waals surface area contributed by atoms with Crippen molar-refractivity contribution in [2.24, 2.45) is 5.92 Å². The Hall–Kier alpha value is -1.35. The molecule has 0 aliphatic carbocycles. The van der Waals surface area contributed by atoms with E-state index in [1.165, 1.54) is 5.56 Å². The first-order chi connectivity index (χ1) is 8.56. The van der Waals surface area contributed by atoms with E-state index in [4.69, 9.17) is 5.11 Å². The Kier molecular flexibility index (Phi) is 5.86. The predicted molar refractivity (Wildman–Crippen MR) is 73.5 cm³/mol. The summed E-state index contributed by atoms with van der Waals surface area (Å²) in [5, 5.41) is 9.05. The highest BCUT2D eigenvalue weighted by atomic mass is 16.4. The molecule has 100 valence electrons. The predicted octanol–water partition coefficient (Wildman–Crippen LogP) is 3.18. The van der Waals surface area contributed by atoms with Crippen molar-refractivity contribution in [3.8, 4) is 0 Å². The number of carboxylic acid groups (broad SMARTS) is 1. The first kappa shape index (κ1) is 14.7. The molecule has 0 amide bonds. The molecule has 1 aromatic carbocycles. The van der Waals surface area contributed by atoms with E-state index >= 15 is 0 Å². The molecule has 0 radical (unpaired) electrons. The molecule has 3 nitrogen and oxygen atoms in total. The lowest BCUT2D eigenvalue weighted by atomic mass is 9.94. The van der Waals surface area contributed by atoms with Crippen molar-refractivity contribution in [2.75, 3.05) is 13.1 Å². The van der Waals surface area contributed by atoms with Gasteiger partial charge in [-0.05, 0) is 24.4 Å². The second kappa shape index (κ2) is 7.17. The van der Waals surface area contributed by atoms with Crippen molar-refractivity contribution in [1.29, 1.82) is 0 Å². The van der Waals surface area contributed by atoms with Crippen LogP contribution in [-0.2, 0) is 4.79 Å². The number of benzene rings is 1. The summed E-state index contributed by atoms with van der Waals surface area (Å²) in [7, 11) is 0. The largest absolute Gasteiger partial charge is 0.480 e. The van der Waals surface area contributed by atoms with Crippen LogP contribution in [0, 0.1) is 5.92 Å². The van der Waals surface area contributed by atoms with Crippen LogP contribution < -0.4 is 0 Å². The number of hydrogen-bond acceptors (Lipinski definition) is 2. The highest BCUT2D eigenvalue weighted by Crippen LogP contribution is 2.28. The van der Waals surface area contributed by atoms with E-state index in [1.54, 1.807) is 0 Å². The first-order valence-electron chi connectivity index (χ1n) is 6.57. The third kappa shape index (κ3) is 4.15. The van der Waals surface area contributed by atoms with Gasteiger partial charge in [0.1, 0.15) is 0 Å². The number of carbonyl (C=O) groups is 1. The van der Waals surface area contributed by atoms with Gasteiger partial charge in [0.2, 0.25) is 0 Å². The van der Waals surface area contributed by atoms with Gasteiger partial charge in [-0.3, -0.25) is 9.69 Å². The maximum atomic E-state index is 11.0. The van der Waals surface area contributed by atoms with Gasteiger partial charge >= 0.3 is 5.97 Å². The lowest BCUT2D eigenvalue weighted by Gasteiger charge is -2.33. The summed E-state index contributed by atoms with van der Waals surface area (Å²) in [5.41, 5.74) is 1.20. The normalized spacial score (nSPS) is 12.9. The summed E-state index contributed by atoms with van der Waals surface area (Å²) < 4.78 is 0. The SMILES string of the molecule is CCCN(CC(=O)O)C(c1ccccc1)C(C)C. The molecule has 1 N–H and O–H groups in total. The second-order valence-electron chi connectivity index (χ2n) is 4.96. The zero-order valence-corrected chi connectivity index (χ0v) is 11.5. The molecule has 1 aromatic rings. The van der Waals surface area contributed by atoms with Gasteiger partial charge in [-0.25, -0.2) is 0 Å². The molecule has 3 heteroatoms. The van der Waals surface area contributed by atoms with E-state index in [1.807, 2.05) is 18.2 Å². The summed E-state index contributed by atoms with van der Waals surface area (Å²) in [6, 6.07) is 10.3. The first-order valence-corrected chi connectivity index (χ1v) is 6.57. The molecule has 1 unspecified atom stereocenters. The molecule has 0 aliphatic rings. The molecule has 1 rings (SSSR count). The number of nitrogens with zero attached hydrogens (tertiary/aromatic N) is 1. The van der Waals surface area contributed by atoms with Crippen LogP contribution in [-0.4, -0.2) is 29.1 Å². The number of carboxylic acids is 1. The molecule has 0 spiro atoms. The van der Waals surface area contributed by atoms with Crippen molar-refractivity contribution in [2.45, 2.75) is 33.2 Å². The van der Waals surface area contributed by atoms with E-state index in [0.717, 1.165) is 13.0 Å². The maximum Gasteiger partial charge on any atom is 0.317 e. The average molecular weight is 249 g/mol. The maximum absolute atomic E-state index is 11.0. The van der Waals surface area contributed by atoms with Crippen molar-refractivity contribution in [3.63, 3.8) is 0 Å². The fraction of sp³-hybridized carbons (Fsp3) is 0.533. The van der Waals surface area contributed by atoms with Crippen LogP contribution in [0.2, 0.25) is 0 Å². The van der Waals surface area contributed by atoms with Crippen LogP contribution in [0.3, 0.4) is 0 Å². The van der Waals surface area contributed by atoms with Gasteiger partial charge in [0.05, 0.1) is 6.54 Å². The van der Waals surface area contributed by atoms with E-state index in [-0.39, 0.29) is 12.6 Å². The van der Waals surface area contributed by atoms with E-state index in [9.17, 15) is 4.79 Å². The van der Waals surface area contributed by atoms with Crippen LogP contribution in [0.1, 0.15) is 38.8 Å². The molecular formula is C15H23NO2. The van der Waals surface area contributed by atoms with Gasteiger partial charge in [0.25, 0.3) is 0 Å². The minimum Gasteiger partial charge on any atom is -0.480 e. The standard InChI is InChI=1S/C15H23NO2/c1-4-10-16(11-14(17)18)15(12(2)3)13-8-6-5-7-9-13/h5-9,12,15H,4,10-11H2,1-3H3,(H,17,18). The van der Waals surface area contributed by atoms with Gasteiger partial charge in [0, 0.05) is 6.04 Å². The highest BCUT2D eigenvalue weighted by Gasteiger charge is 2.24. The van der Waals surface area contributed by atoms with Crippen LogP contribution in [0.5, 0.6) is 0 Å². The molecule has 0 fully saturated rings. The number of rotatable bonds is 7. The molecule has 0 aliphatic heterocycles. The minimum absolute atomic E-state index is 0.103. The third-order valence-electron chi connectivity index (χ3n) is 3.02. The van der Waals surface area contributed by atoms with Gasteiger partial charge < -0.3 is 5.11 Å². The number of hydrogen-bond donors (Lipinski definition) is 1. The van der Waals surface area contributed by atoms with Crippen LogP contribution in [0.25, 0.3) is 0 Å². The molecular weight excluding hydrogens is 226 g/mol. The van der Waals surface area contributed by atoms with Crippen molar-refractivity contribution in [1.82, 2.24) is 4.90 Å². The monoisotopic (exact) mass is 249 g/mol. The lowest BCUT2D eigenvalue weighted by Crippen LogP contribution is -2.36. The molecule has 18 heavy (non-hydrogen) atoms. The van der Waals surface area contributed by atoms with Crippen molar-refractivity contribution < 1.29 is 9.90 Å². The summed E-state index contributed by atoms with van der Waals surface area (Å²) in [6.45, 7) is 7.28. The van der Waals surface area contributed by atoms with E-state index < -0.39 is 5.97 Å². The van der Waals surface area contributed by atoms with E-state index in [2.05, 4.69) is 37.8 Å². The molecule has 0 aromatic heterocycles. The minimum atomic E-state index is -0.759. The topological polar surface area (TPSA) is 40.5 Å². The summed E-state index contributed by atoms with van der Waals surface area (Å²) in [6.07, 6.45) is 0.962. The van der Waals surface area contributed by atoms with E-state index in [0.29, 0.717) is 5.92 Å². The number of aliphatic carboxylic acids is 1. The second-order valence-corrected chi connectivity index (χ2v) is 4.96. The van der Waals surface area contributed by atoms with Crippen LogP contribution in [0.4, 0.5) is 0 Å². The molecule has 0 bridgehead atoms. The van der Waals surface area contributed by atoms with Gasteiger partial charge in [-0.2, -0.15) is 0 Å². The summed E-state index contributed by atoms with van der Waals surface area (Å²) >= 11 is 0. The Morgan fingerprint density at radius 1 is 1.28 bits per heavy atom. The lowest BCUT2D eigenvalue weighted by molar-refractivity contribution is -0.139. The summed E-state index contributed by atoms with van der Waals surface area (Å²) in [4.78, 5) is 13.1. The van der Waals surface area contributed by atoms with Crippen molar-refractivity contribution in [3.05, 3.63) is 35.9 Å². The summed E-state index contributed by atoms with van der Waals surface area (Å²) in [5.74, 6) is -0.372. The van der Waals surface area contributed by atoms with Crippen LogP contribution in [0.15, 0.2) is 30.3 Å². The Morgan fingerprint density at radius 2 is 1.89 bits per heavy atom. The Balaban J connectivity index is 2.97. The van der Waals surface area contributed by atoms with Gasteiger partial charge in [-0.15, -0.1) is 0 Å². The van der Waals surface area contributed by atoms with Crippen molar-refractivity contribution >= 4 is 5.97 Å². The average Bonchev–Trinajstić information content (AvgIpc) is 2.29. The van der Waals surface area contributed by atoms with Gasteiger partial charge in [-0.1, -0.05) is 51.1 Å². The Morgan fingerprint density at radius 3 is 2.33 bits per heavy atom. The fourth-order valence-electron chi connectivity index (χ4n) is 2.45. The smallest absolute Gasteiger partial charge is 0.317 e. The van der Waals surface area contributed by atoms with Crippen LogP contribution >= 0.6 is 0 Å².